The first kappa shape index (κ1) is 31.0. The number of esters is 2. The lowest BCUT2D eigenvalue weighted by atomic mass is 9.93. The summed E-state index contributed by atoms with van der Waals surface area (Å²) in [4.78, 5) is 23.6. The van der Waals surface area contributed by atoms with Crippen LogP contribution in [0.15, 0.2) is 30.3 Å². The fourth-order valence-corrected chi connectivity index (χ4v) is 7.69. The Balaban J connectivity index is 0.964. The molecule has 9 heteroatoms. The molecule has 6 rings (SSSR count). The van der Waals surface area contributed by atoms with E-state index in [1.54, 1.807) is 0 Å². The van der Waals surface area contributed by atoms with Gasteiger partial charge in [-0.1, -0.05) is 30.3 Å². The maximum absolute atomic E-state index is 11.9. The zero-order valence-electron chi connectivity index (χ0n) is 25.5. The minimum Gasteiger partial charge on any atom is -0.462 e. The van der Waals surface area contributed by atoms with Gasteiger partial charge in [0, 0.05) is 39.2 Å². The second-order valence-corrected chi connectivity index (χ2v) is 13.1. The van der Waals surface area contributed by atoms with E-state index in [0.717, 1.165) is 70.6 Å². The minimum atomic E-state index is -0.737. The number of carbonyl (C=O) groups is 2. The molecule has 5 heterocycles. The van der Waals surface area contributed by atoms with Crippen LogP contribution in [-0.4, -0.2) is 73.2 Å². The van der Waals surface area contributed by atoms with Crippen LogP contribution in [0.3, 0.4) is 0 Å². The topological polar surface area (TPSA) is 98.8 Å². The molecule has 5 fully saturated rings. The molecule has 0 aliphatic carbocycles. The van der Waals surface area contributed by atoms with Crippen molar-refractivity contribution in [1.82, 2.24) is 0 Å². The SMILES string of the molecule is CC(=O)O[C@@H]1C[C@H](CCCCOCc2ccccc2)O[C@]2(CC[C@@H]([C@H]3CC[C@@H]([C@H]4CC[C@H]([C@@H]5CCCC(=O)O5)O4)O3)O2)C1. The molecule has 1 spiro atoms. The Bertz CT molecular complexity index is 1070. The third-order valence-corrected chi connectivity index (χ3v) is 9.70. The largest absolute Gasteiger partial charge is 0.462 e. The van der Waals surface area contributed by atoms with Gasteiger partial charge in [0.15, 0.2) is 5.79 Å². The Morgan fingerprint density at radius 1 is 0.884 bits per heavy atom. The standard InChI is InChI=1S/C34H48O9/c1-23(35)38-26-20-25(10-5-6-19-37-22-24-8-3-2-4-9-24)42-34(21-26)18-17-32(43-34)31-16-15-30(40-31)29-14-13-28(39-29)27-11-7-12-33(36)41-27/h2-4,8-9,25-32H,5-7,10-22H2,1H3/t25-,26+,27-,28+,29+,30-,31+,32-,34-/m0/s1. The molecular weight excluding hydrogens is 552 g/mol. The predicted octanol–water partition coefficient (Wildman–Crippen LogP) is 5.55. The number of carbonyl (C=O) groups excluding carboxylic acids is 2. The molecule has 9 nitrogen and oxygen atoms in total. The van der Waals surface area contributed by atoms with Crippen molar-refractivity contribution in [2.75, 3.05) is 6.61 Å². The highest BCUT2D eigenvalue weighted by Crippen LogP contribution is 2.46. The molecule has 5 aliphatic rings. The van der Waals surface area contributed by atoms with E-state index in [0.29, 0.717) is 32.5 Å². The van der Waals surface area contributed by atoms with Crippen LogP contribution in [0.4, 0.5) is 0 Å². The molecule has 5 saturated heterocycles. The Labute approximate surface area is 255 Å². The van der Waals surface area contributed by atoms with Crippen molar-refractivity contribution in [3.63, 3.8) is 0 Å². The smallest absolute Gasteiger partial charge is 0.306 e. The molecule has 238 valence electrons. The van der Waals surface area contributed by atoms with Crippen LogP contribution >= 0.6 is 0 Å². The molecule has 0 unspecified atom stereocenters. The molecule has 0 aromatic heterocycles. The molecule has 0 saturated carbocycles. The van der Waals surface area contributed by atoms with E-state index in [4.69, 9.17) is 33.2 Å². The normalized spacial score (nSPS) is 37.9. The summed E-state index contributed by atoms with van der Waals surface area (Å²) in [6.07, 6.45) is 11.3. The Morgan fingerprint density at radius 2 is 1.60 bits per heavy atom. The van der Waals surface area contributed by atoms with Gasteiger partial charge < -0.3 is 33.2 Å². The lowest BCUT2D eigenvalue weighted by molar-refractivity contribution is -0.296. The summed E-state index contributed by atoms with van der Waals surface area (Å²) in [5.74, 6) is -1.10. The quantitative estimate of drug-likeness (QED) is 0.239. The minimum absolute atomic E-state index is 0.00236. The van der Waals surface area contributed by atoms with Crippen molar-refractivity contribution < 1.29 is 42.7 Å². The maximum Gasteiger partial charge on any atom is 0.306 e. The monoisotopic (exact) mass is 600 g/mol. The molecule has 43 heavy (non-hydrogen) atoms. The Hall–Kier alpha value is -2.04. The second kappa shape index (κ2) is 14.4. The number of benzene rings is 1. The predicted molar refractivity (Wildman–Crippen MR) is 156 cm³/mol. The third kappa shape index (κ3) is 8.17. The number of hydrogen-bond acceptors (Lipinski definition) is 9. The van der Waals surface area contributed by atoms with Gasteiger partial charge in [-0.3, -0.25) is 9.59 Å². The van der Waals surface area contributed by atoms with Gasteiger partial charge in [-0.2, -0.15) is 0 Å². The summed E-state index contributed by atoms with van der Waals surface area (Å²) in [6, 6.07) is 10.2. The number of cyclic esters (lactones) is 1. The lowest BCUT2D eigenvalue weighted by Crippen LogP contribution is -2.48. The number of hydrogen-bond donors (Lipinski definition) is 0. The van der Waals surface area contributed by atoms with Gasteiger partial charge in [-0.25, -0.2) is 0 Å². The van der Waals surface area contributed by atoms with Gasteiger partial charge in [0.25, 0.3) is 0 Å². The maximum atomic E-state index is 11.9. The van der Waals surface area contributed by atoms with E-state index >= 15 is 0 Å². The van der Waals surface area contributed by atoms with Crippen LogP contribution in [0.1, 0.15) is 102 Å². The summed E-state index contributed by atoms with van der Waals surface area (Å²) >= 11 is 0. The van der Waals surface area contributed by atoms with Crippen molar-refractivity contribution >= 4 is 11.9 Å². The van der Waals surface area contributed by atoms with E-state index in [1.165, 1.54) is 12.5 Å². The molecule has 0 N–H and O–H groups in total. The van der Waals surface area contributed by atoms with Gasteiger partial charge in [-0.15, -0.1) is 0 Å². The van der Waals surface area contributed by atoms with Gasteiger partial charge in [0.05, 0.1) is 43.2 Å². The highest BCUT2D eigenvalue weighted by atomic mass is 16.7. The summed E-state index contributed by atoms with van der Waals surface area (Å²) in [7, 11) is 0. The molecule has 0 bridgehead atoms. The molecule has 0 amide bonds. The molecular formula is C34H48O9. The summed E-state index contributed by atoms with van der Waals surface area (Å²) in [5, 5.41) is 0. The average molecular weight is 601 g/mol. The molecule has 0 radical (unpaired) electrons. The van der Waals surface area contributed by atoms with Crippen molar-refractivity contribution in [2.24, 2.45) is 0 Å². The Morgan fingerprint density at radius 3 is 2.33 bits per heavy atom. The number of ether oxygens (including phenoxy) is 7. The Kier molecular flexibility index (Phi) is 10.4. The lowest BCUT2D eigenvalue weighted by Gasteiger charge is -2.42. The van der Waals surface area contributed by atoms with Gasteiger partial charge in [-0.05, 0) is 69.8 Å². The van der Waals surface area contributed by atoms with Crippen LogP contribution in [0.25, 0.3) is 0 Å². The van der Waals surface area contributed by atoms with Crippen LogP contribution in [0.2, 0.25) is 0 Å². The molecule has 5 aliphatic heterocycles. The van der Waals surface area contributed by atoms with E-state index < -0.39 is 5.79 Å². The first-order chi connectivity index (χ1) is 20.9. The number of unbranched alkanes of at least 4 members (excludes halogenated alkanes) is 1. The van der Waals surface area contributed by atoms with Crippen molar-refractivity contribution in [3.05, 3.63) is 35.9 Å². The first-order valence-electron chi connectivity index (χ1n) is 16.6. The summed E-state index contributed by atoms with van der Waals surface area (Å²) < 4.78 is 43.4. The van der Waals surface area contributed by atoms with Crippen molar-refractivity contribution in [1.29, 1.82) is 0 Å². The van der Waals surface area contributed by atoms with Crippen LogP contribution in [0, 0.1) is 0 Å². The van der Waals surface area contributed by atoms with E-state index in [2.05, 4.69) is 12.1 Å². The van der Waals surface area contributed by atoms with Crippen molar-refractivity contribution in [3.8, 4) is 0 Å². The molecule has 1 aromatic carbocycles. The fraction of sp³-hybridized carbons (Fsp3) is 0.765. The highest BCUT2D eigenvalue weighted by molar-refractivity contribution is 5.70. The molecule has 1 aromatic rings. The van der Waals surface area contributed by atoms with Crippen molar-refractivity contribution in [2.45, 2.75) is 158 Å². The van der Waals surface area contributed by atoms with Gasteiger partial charge in [0.2, 0.25) is 0 Å². The van der Waals surface area contributed by atoms with Crippen LogP contribution in [0.5, 0.6) is 0 Å². The number of rotatable bonds is 11. The second-order valence-electron chi connectivity index (χ2n) is 13.1. The van der Waals surface area contributed by atoms with Gasteiger partial charge >= 0.3 is 11.9 Å². The summed E-state index contributed by atoms with van der Waals surface area (Å²) in [6.45, 7) is 2.80. The van der Waals surface area contributed by atoms with E-state index in [-0.39, 0.29) is 60.8 Å². The zero-order chi connectivity index (χ0) is 29.6. The summed E-state index contributed by atoms with van der Waals surface area (Å²) in [5.41, 5.74) is 1.18. The van der Waals surface area contributed by atoms with Crippen LogP contribution < -0.4 is 0 Å². The van der Waals surface area contributed by atoms with E-state index in [9.17, 15) is 9.59 Å². The average Bonchev–Trinajstić information content (AvgIpc) is 3.75. The van der Waals surface area contributed by atoms with Crippen LogP contribution in [-0.2, 0) is 49.4 Å². The highest BCUT2D eigenvalue weighted by Gasteiger charge is 2.52. The first-order valence-corrected chi connectivity index (χ1v) is 16.6. The zero-order valence-corrected chi connectivity index (χ0v) is 25.5. The third-order valence-electron chi connectivity index (χ3n) is 9.70. The fourth-order valence-electron chi connectivity index (χ4n) is 7.69. The molecule has 9 atom stereocenters. The van der Waals surface area contributed by atoms with E-state index in [1.807, 2.05) is 18.2 Å². The van der Waals surface area contributed by atoms with Gasteiger partial charge in [0.1, 0.15) is 12.2 Å².